The smallest absolute Gasteiger partial charge is 0.306 e. The number of carbonyl (C=O) groups excluding carboxylic acids is 2. The molecule has 6 heteroatoms. The summed E-state index contributed by atoms with van der Waals surface area (Å²) in [6.07, 6.45) is -0.236. The van der Waals surface area contributed by atoms with Gasteiger partial charge in [-0.2, -0.15) is 0 Å². The Morgan fingerprint density at radius 2 is 1.71 bits per heavy atom. The molecule has 2 aromatic rings. The second-order valence-electron chi connectivity index (χ2n) is 6.63. The van der Waals surface area contributed by atoms with Crippen molar-refractivity contribution in [1.29, 1.82) is 0 Å². The van der Waals surface area contributed by atoms with Crippen LogP contribution >= 0.6 is 0 Å². The summed E-state index contributed by atoms with van der Waals surface area (Å²) in [4.78, 5) is 24.4. The predicted molar refractivity (Wildman–Crippen MR) is 108 cm³/mol. The van der Waals surface area contributed by atoms with Gasteiger partial charge in [-0.05, 0) is 56.5 Å². The molecule has 6 nitrogen and oxygen atoms in total. The van der Waals surface area contributed by atoms with Gasteiger partial charge in [0.25, 0.3) is 5.91 Å². The quantitative estimate of drug-likeness (QED) is 0.699. The summed E-state index contributed by atoms with van der Waals surface area (Å²) in [5, 5.41) is 2.80. The van der Waals surface area contributed by atoms with E-state index in [9.17, 15) is 9.59 Å². The molecule has 150 valence electrons. The van der Waals surface area contributed by atoms with Crippen LogP contribution in [0, 0.1) is 13.8 Å². The molecule has 0 radical (unpaired) electrons. The van der Waals surface area contributed by atoms with Crippen LogP contribution in [0.2, 0.25) is 0 Å². The molecular formula is C22H27NO5. The summed E-state index contributed by atoms with van der Waals surface area (Å²) < 4.78 is 15.7. The number of hydrogen-bond acceptors (Lipinski definition) is 5. The summed E-state index contributed by atoms with van der Waals surface area (Å²) in [5.41, 5.74) is 3.70. The first-order valence-corrected chi connectivity index (χ1v) is 9.12. The first-order chi connectivity index (χ1) is 13.3. The van der Waals surface area contributed by atoms with Gasteiger partial charge in [0, 0.05) is 12.1 Å². The first kappa shape index (κ1) is 21.3. The van der Waals surface area contributed by atoms with Gasteiger partial charge in [-0.15, -0.1) is 0 Å². The fourth-order valence-corrected chi connectivity index (χ4v) is 2.78. The standard InChI is InChI=1S/C22H27NO5/c1-14-6-9-18(15(2)12-14)23-22(25)16(3)28-21(24)11-8-17-7-10-19(26-4)20(13-17)27-5/h6-7,9-10,12-13,16H,8,11H2,1-5H3,(H,23,25)/t16-/m1/s1. The van der Waals surface area contributed by atoms with E-state index in [4.69, 9.17) is 14.2 Å². The number of aryl methyl sites for hydroxylation is 3. The topological polar surface area (TPSA) is 73.9 Å². The highest BCUT2D eigenvalue weighted by molar-refractivity contribution is 5.95. The third-order valence-electron chi connectivity index (χ3n) is 4.38. The molecule has 1 amide bonds. The van der Waals surface area contributed by atoms with Gasteiger partial charge in [0.2, 0.25) is 0 Å². The summed E-state index contributed by atoms with van der Waals surface area (Å²) in [6, 6.07) is 11.2. The molecule has 0 bridgehead atoms. The largest absolute Gasteiger partial charge is 0.493 e. The first-order valence-electron chi connectivity index (χ1n) is 9.12. The van der Waals surface area contributed by atoms with E-state index in [0.717, 1.165) is 16.7 Å². The van der Waals surface area contributed by atoms with Crippen LogP contribution < -0.4 is 14.8 Å². The maximum Gasteiger partial charge on any atom is 0.306 e. The molecule has 0 fully saturated rings. The van der Waals surface area contributed by atoms with Crippen LogP contribution in [0.1, 0.15) is 30.0 Å². The normalized spacial score (nSPS) is 11.5. The molecule has 0 spiro atoms. The molecule has 0 aromatic heterocycles. The zero-order chi connectivity index (χ0) is 20.7. The molecule has 2 aromatic carbocycles. The molecule has 1 N–H and O–H groups in total. The molecule has 0 saturated heterocycles. The van der Waals surface area contributed by atoms with E-state index < -0.39 is 12.1 Å². The second kappa shape index (κ2) is 9.78. The number of amides is 1. The van der Waals surface area contributed by atoms with Crippen molar-refractivity contribution in [3.8, 4) is 11.5 Å². The molecule has 0 aliphatic heterocycles. The fraction of sp³-hybridized carbons (Fsp3) is 0.364. The molecule has 2 rings (SSSR count). The maximum atomic E-state index is 12.3. The zero-order valence-electron chi connectivity index (χ0n) is 17.0. The molecule has 0 unspecified atom stereocenters. The van der Waals surface area contributed by atoms with Crippen molar-refractivity contribution in [3.63, 3.8) is 0 Å². The van der Waals surface area contributed by atoms with Gasteiger partial charge >= 0.3 is 5.97 Å². The van der Waals surface area contributed by atoms with Gasteiger partial charge in [-0.3, -0.25) is 9.59 Å². The molecule has 0 aliphatic rings. The number of nitrogens with one attached hydrogen (secondary N) is 1. The lowest BCUT2D eigenvalue weighted by Crippen LogP contribution is -2.30. The van der Waals surface area contributed by atoms with E-state index in [-0.39, 0.29) is 12.3 Å². The highest BCUT2D eigenvalue weighted by Crippen LogP contribution is 2.28. The number of ether oxygens (including phenoxy) is 3. The average Bonchev–Trinajstić information content (AvgIpc) is 2.68. The third kappa shape index (κ3) is 5.74. The van der Waals surface area contributed by atoms with Crippen LogP contribution in [-0.4, -0.2) is 32.2 Å². The van der Waals surface area contributed by atoms with Gasteiger partial charge in [0.05, 0.1) is 14.2 Å². The average molecular weight is 385 g/mol. The van der Waals surface area contributed by atoms with Crippen molar-refractivity contribution >= 4 is 17.6 Å². The van der Waals surface area contributed by atoms with Crippen molar-refractivity contribution in [2.75, 3.05) is 19.5 Å². The number of methoxy groups -OCH3 is 2. The number of carbonyl (C=O) groups is 2. The minimum absolute atomic E-state index is 0.163. The lowest BCUT2D eigenvalue weighted by molar-refractivity contribution is -0.153. The fourth-order valence-electron chi connectivity index (χ4n) is 2.78. The second-order valence-corrected chi connectivity index (χ2v) is 6.63. The van der Waals surface area contributed by atoms with Crippen molar-refractivity contribution in [2.45, 2.75) is 39.7 Å². The zero-order valence-corrected chi connectivity index (χ0v) is 17.0. The number of esters is 1. The van der Waals surface area contributed by atoms with Gasteiger partial charge in [-0.1, -0.05) is 23.8 Å². The SMILES string of the molecule is COc1ccc(CCC(=O)O[C@H](C)C(=O)Nc2ccc(C)cc2C)cc1OC. The van der Waals surface area contributed by atoms with Crippen LogP contribution in [0.15, 0.2) is 36.4 Å². The Labute approximate surface area is 165 Å². The summed E-state index contributed by atoms with van der Waals surface area (Å²) in [5.74, 6) is 0.449. The van der Waals surface area contributed by atoms with Crippen molar-refractivity contribution in [1.82, 2.24) is 0 Å². The Morgan fingerprint density at radius 3 is 2.36 bits per heavy atom. The Balaban J connectivity index is 1.87. The van der Waals surface area contributed by atoms with Gasteiger partial charge < -0.3 is 19.5 Å². The highest BCUT2D eigenvalue weighted by Gasteiger charge is 2.18. The van der Waals surface area contributed by atoms with Crippen LogP contribution in [-0.2, 0) is 20.7 Å². The molecule has 28 heavy (non-hydrogen) atoms. The summed E-state index contributed by atoms with van der Waals surface area (Å²) in [6.45, 7) is 5.47. The van der Waals surface area contributed by atoms with E-state index in [2.05, 4.69) is 5.32 Å². The van der Waals surface area contributed by atoms with E-state index >= 15 is 0 Å². The minimum atomic E-state index is -0.876. The molecule has 1 atom stereocenters. The molecule has 0 aliphatic carbocycles. The summed E-state index contributed by atoms with van der Waals surface area (Å²) in [7, 11) is 3.13. The minimum Gasteiger partial charge on any atom is -0.493 e. The number of rotatable bonds is 8. The van der Waals surface area contributed by atoms with Crippen LogP contribution in [0.25, 0.3) is 0 Å². The van der Waals surface area contributed by atoms with Crippen molar-refractivity contribution in [3.05, 3.63) is 53.1 Å². The van der Waals surface area contributed by atoms with E-state index in [1.165, 1.54) is 0 Å². The van der Waals surface area contributed by atoms with E-state index in [1.807, 2.05) is 44.2 Å². The Hall–Kier alpha value is -3.02. The Morgan fingerprint density at radius 1 is 1.00 bits per heavy atom. The van der Waals surface area contributed by atoms with E-state index in [0.29, 0.717) is 23.6 Å². The molecular weight excluding hydrogens is 358 g/mol. The number of hydrogen-bond donors (Lipinski definition) is 1. The number of benzene rings is 2. The van der Waals surface area contributed by atoms with Crippen molar-refractivity contribution < 1.29 is 23.8 Å². The number of anilines is 1. The van der Waals surface area contributed by atoms with Crippen LogP contribution in [0.5, 0.6) is 11.5 Å². The third-order valence-corrected chi connectivity index (χ3v) is 4.38. The van der Waals surface area contributed by atoms with Gasteiger partial charge in [0.15, 0.2) is 17.6 Å². The monoisotopic (exact) mass is 385 g/mol. The Bertz CT molecular complexity index is 847. The lowest BCUT2D eigenvalue weighted by Gasteiger charge is -2.15. The Kier molecular flexibility index (Phi) is 7.44. The van der Waals surface area contributed by atoms with Crippen LogP contribution in [0.4, 0.5) is 5.69 Å². The highest BCUT2D eigenvalue weighted by atomic mass is 16.5. The maximum absolute atomic E-state index is 12.3. The molecule has 0 heterocycles. The molecule has 0 saturated carbocycles. The van der Waals surface area contributed by atoms with Crippen LogP contribution in [0.3, 0.4) is 0 Å². The lowest BCUT2D eigenvalue weighted by atomic mass is 10.1. The predicted octanol–water partition coefficient (Wildman–Crippen LogP) is 3.82. The van der Waals surface area contributed by atoms with E-state index in [1.54, 1.807) is 27.2 Å². The van der Waals surface area contributed by atoms with Gasteiger partial charge in [-0.25, -0.2) is 0 Å². The summed E-state index contributed by atoms with van der Waals surface area (Å²) >= 11 is 0. The van der Waals surface area contributed by atoms with Crippen molar-refractivity contribution in [2.24, 2.45) is 0 Å². The van der Waals surface area contributed by atoms with Gasteiger partial charge in [0.1, 0.15) is 0 Å².